The summed E-state index contributed by atoms with van der Waals surface area (Å²) in [6, 6.07) is 5.51. The summed E-state index contributed by atoms with van der Waals surface area (Å²) in [7, 11) is 0. The molecule has 7 nitrogen and oxygen atoms in total. The van der Waals surface area contributed by atoms with E-state index in [4.69, 9.17) is 14.2 Å². The second-order valence-corrected chi connectivity index (χ2v) is 8.46. The van der Waals surface area contributed by atoms with Gasteiger partial charge in [0.25, 0.3) is 5.56 Å². The predicted molar refractivity (Wildman–Crippen MR) is 127 cm³/mol. The van der Waals surface area contributed by atoms with Crippen LogP contribution in [0, 0.1) is 13.8 Å². The quantitative estimate of drug-likeness (QED) is 0.264. The number of fused-ring (bicyclic) bond motifs is 1. The predicted octanol–water partition coefficient (Wildman–Crippen LogP) is 4.94. The smallest absolute Gasteiger partial charge is 0.331 e. The zero-order chi connectivity index (χ0) is 23.1. The van der Waals surface area contributed by atoms with E-state index in [9.17, 15) is 9.59 Å². The van der Waals surface area contributed by atoms with Crippen LogP contribution in [0.1, 0.15) is 48.5 Å². The van der Waals surface area contributed by atoms with E-state index in [1.54, 1.807) is 6.08 Å². The van der Waals surface area contributed by atoms with Crippen LogP contribution in [0.5, 0.6) is 11.5 Å². The van der Waals surface area contributed by atoms with Gasteiger partial charge in [-0.3, -0.25) is 4.79 Å². The first-order chi connectivity index (χ1) is 15.4. The molecule has 0 saturated carbocycles. The van der Waals surface area contributed by atoms with Gasteiger partial charge < -0.3 is 19.2 Å². The number of aromatic amines is 1. The lowest BCUT2D eigenvalue weighted by Gasteiger charge is -2.12. The van der Waals surface area contributed by atoms with Gasteiger partial charge >= 0.3 is 5.97 Å². The van der Waals surface area contributed by atoms with Gasteiger partial charge in [0.05, 0.1) is 18.6 Å². The van der Waals surface area contributed by atoms with Gasteiger partial charge in [-0.25, -0.2) is 9.78 Å². The maximum Gasteiger partial charge on any atom is 0.331 e. The van der Waals surface area contributed by atoms with Gasteiger partial charge in [0.15, 0.2) is 11.5 Å². The van der Waals surface area contributed by atoms with Gasteiger partial charge in [-0.2, -0.15) is 0 Å². The highest BCUT2D eigenvalue weighted by Crippen LogP contribution is 2.29. The number of aryl methyl sites for hydroxylation is 2. The van der Waals surface area contributed by atoms with Gasteiger partial charge in [-0.15, -0.1) is 11.3 Å². The lowest BCUT2D eigenvalue weighted by atomic mass is 10.2. The number of esters is 1. The summed E-state index contributed by atoms with van der Waals surface area (Å²) in [5.41, 5.74) is 1.49. The molecule has 0 aliphatic heterocycles. The van der Waals surface area contributed by atoms with Crippen molar-refractivity contribution >= 4 is 33.6 Å². The molecule has 3 aromatic rings. The Morgan fingerprint density at radius 2 is 2.00 bits per heavy atom. The minimum absolute atomic E-state index is 0.112. The minimum atomic E-state index is -0.535. The molecule has 0 atom stereocenters. The molecule has 170 valence electrons. The van der Waals surface area contributed by atoms with Crippen LogP contribution in [0.15, 0.2) is 29.1 Å². The molecule has 1 N–H and O–H groups in total. The largest absolute Gasteiger partial charge is 0.490 e. The van der Waals surface area contributed by atoms with Crippen LogP contribution in [0.2, 0.25) is 0 Å². The highest BCUT2D eigenvalue weighted by molar-refractivity contribution is 7.18. The Labute approximate surface area is 191 Å². The highest BCUT2D eigenvalue weighted by atomic mass is 32.1. The van der Waals surface area contributed by atoms with Gasteiger partial charge in [0.2, 0.25) is 0 Å². The standard InChI is InChI=1S/C24H28N2O5S/c1-5-7-12-30-18-10-8-17(13-19(18)29-6-2)9-11-21(27)31-14-20-25-23(28)22-15(3)16(4)32-24(22)26-20/h8-11,13H,5-7,12,14H2,1-4H3,(H,25,26,28)/b11-9+. The van der Waals surface area contributed by atoms with Crippen molar-refractivity contribution in [3.8, 4) is 11.5 Å². The number of carbonyl (C=O) groups excluding carboxylic acids is 1. The van der Waals surface area contributed by atoms with E-state index < -0.39 is 5.97 Å². The molecule has 0 radical (unpaired) electrons. The Kier molecular flexibility index (Phi) is 8.05. The molecular formula is C24H28N2O5S. The average Bonchev–Trinajstić information content (AvgIpc) is 3.06. The summed E-state index contributed by atoms with van der Waals surface area (Å²) in [5, 5.41) is 0.592. The fourth-order valence-corrected chi connectivity index (χ4v) is 4.11. The van der Waals surface area contributed by atoms with Crippen LogP contribution in [0.3, 0.4) is 0 Å². The van der Waals surface area contributed by atoms with Crippen LogP contribution in [-0.4, -0.2) is 29.2 Å². The summed E-state index contributed by atoms with van der Waals surface area (Å²) >= 11 is 1.45. The minimum Gasteiger partial charge on any atom is -0.490 e. The van der Waals surface area contributed by atoms with Crippen LogP contribution < -0.4 is 15.0 Å². The Hall–Kier alpha value is -3.13. The number of nitrogens with one attached hydrogen (secondary N) is 1. The number of H-pyrrole nitrogens is 1. The van der Waals surface area contributed by atoms with Gasteiger partial charge in [-0.1, -0.05) is 19.4 Å². The normalized spacial score (nSPS) is 11.2. The third kappa shape index (κ3) is 5.76. The van der Waals surface area contributed by atoms with Gasteiger partial charge in [0, 0.05) is 11.0 Å². The maximum atomic E-state index is 12.3. The molecule has 0 fully saturated rings. The van der Waals surface area contributed by atoms with Gasteiger partial charge in [-0.05, 0) is 56.5 Å². The molecule has 0 unspecified atom stereocenters. The molecule has 32 heavy (non-hydrogen) atoms. The van der Waals surface area contributed by atoms with Crippen molar-refractivity contribution in [1.82, 2.24) is 9.97 Å². The number of carbonyl (C=O) groups is 1. The Balaban J connectivity index is 1.64. The molecule has 0 aliphatic rings. The third-order valence-corrected chi connectivity index (χ3v) is 5.98. The van der Waals surface area contributed by atoms with E-state index in [0.29, 0.717) is 40.8 Å². The fourth-order valence-electron chi connectivity index (χ4n) is 3.06. The highest BCUT2D eigenvalue weighted by Gasteiger charge is 2.12. The van der Waals surface area contributed by atoms with Crippen molar-refractivity contribution in [2.75, 3.05) is 13.2 Å². The molecule has 2 aromatic heterocycles. The maximum absolute atomic E-state index is 12.3. The topological polar surface area (TPSA) is 90.5 Å². The van der Waals surface area contributed by atoms with Crippen LogP contribution >= 0.6 is 11.3 Å². The van der Waals surface area contributed by atoms with E-state index in [1.807, 2.05) is 39.0 Å². The van der Waals surface area contributed by atoms with Crippen molar-refractivity contribution in [3.05, 3.63) is 56.5 Å². The summed E-state index contributed by atoms with van der Waals surface area (Å²) < 4.78 is 16.7. The van der Waals surface area contributed by atoms with Crippen molar-refractivity contribution in [2.24, 2.45) is 0 Å². The summed E-state index contributed by atoms with van der Waals surface area (Å²) in [5.74, 6) is 1.10. The molecule has 0 spiro atoms. The third-order valence-electron chi connectivity index (χ3n) is 4.87. The molecule has 8 heteroatoms. The van der Waals surface area contributed by atoms with E-state index >= 15 is 0 Å². The Bertz CT molecular complexity index is 1180. The van der Waals surface area contributed by atoms with Gasteiger partial charge in [0.1, 0.15) is 17.3 Å². The zero-order valence-electron chi connectivity index (χ0n) is 18.8. The van der Waals surface area contributed by atoms with Crippen LogP contribution in [0.4, 0.5) is 0 Å². The Morgan fingerprint density at radius 3 is 2.75 bits per heavy atom. The van der Waals surface area contributed by atoms with E-state index in [2.05, 4.69) is 16.9 Å². The molecule has 2 heterocycles. The van der Waals surface area contributed by atoms with Crippen molar-refractivity contribution in [2.45, 2.75) is 47.1 Å². The molecule has 0 amide bonds. The first-order valence-corrected chi connectivity index (χ1v) is 11.5. The molecule has 3 rings (SSSR count). The van der Waals surface area contributed by atoms with E-state index in [-0.39, 0.29) is 12.2 Å². The second-order valence-electron chi connectivity index (χ2n) is 7.26. The molecule has 0 bridgehead atoms. The SMILES string of the molecule is CCCCOc1ccc(/C=C/C(=O)OCc2nc3sc(C)c(C)c3c(=O)[nH]2)cc1OCC. The first kappa shape index (κ1) is 23.5. The number of aromatic nitrogens is 2. The lowest BCUT2D eigenvalue weighted by Crippen LogP contribution is -2.13. The average molecular weight is 457 g/mol. The molecular weight excluding hydrogens is 428 g/mol. The first-order valence-electron chi connectivity index (χ1n) is 10.7. The van der Waals surface area contributed by atoms with Crippen molar-refractivity contribution in [1.29, 1.82) is 0 Å². The van der Waals surface area contributed by atoms with Crippen LogP contribution in [-0.2, 0) is 16.1 Å². The number of thiophene rings is 1. The number of nitrogens with zero attached hydrogens (tertiary/aromatic N) is 1. The number of benzene rings is 1. The molecule has 0 saturated heterocycles. The monoisotopic (exact) mass is 456 g/mol. The lowest BCUT2D eigenvalue weighted by molar-refractivity contribution is -0.139. The van der Waals surface area contributed by atoms with E-state index in [0.717, 1.165) is 28.8 Å². The fraction of sp³-hybridized carbons (Fsp3) is 0.375. The zero-order valence-corrected chi connectivity index (χ0v) is 19.6. The Morgan fingerprint density at radius 1 is 1.19 bits per heavy atom. The number of hydrogen-bond donors (Lipinski definition) is 1. The second kappa shape index (κ2) is 10.9. The summed E-state index contributed by atoms with van der Waals surface area (Å²) in [4.78, 5) is 33.3. The van der Waals surface area contributed by atoms with E-state index in [1.165, 1.54) is 17.4 Å². The van der Waals surface area contributed by atoms with Crippen molar-refractivity contribution < 1.29 is 19.0 Å². The number of ether oxygens (including phenoxy) is 3. The summed E-state index contributed by atoms with van der Waals surface area (Å²) in [6.45, 7) is 8.89. The molecule has 0 aliphatic carbocycles. The number of rotatable bonds is 10. The summed E-state index contributed by atoms with van der Waals surface area (Å²) in [6.07, 6.45) is 5.00. The number of unbranched alkanes of at least 4 members (excludes halogenated alkanes) is 1. The van der Waals surface area contributed by atoms with Crippen molar-refractivity contribution in [3.63, 3.8) is 0 Å². The molecule has 1 aromatic carbocycles. The number of hydrogen-bond acceptors (Lipinski definition) is 7. The van der Waals surface area contributed by atoms with Crippen LogP contribution in [0.25, 0.3) is 16.3 Å².